The van der Waals surface area contributed by atoms with Gasteiger partial charge in [0.15, 0.2) is 0 Å². The summed E-state index contributed by atoms with van der Waals surface area (Å²) in [6, 6.07) is 22.0. The number of hydrogen-bond acceptors (Lipinski definition) is 4. The first-order chi connectivity index (χ1) is 14.3. The summed E-state index contributed by atoms with van der Waals surface area (Å²) in [7, 11) is -2.36. The van der Waals surface area contributed by atoms with E-state index in [4.69, 9.17) is 0 Å². The van der Waals surface area contributed by atoms with Gasteiger partial charge in [0.2, 0.25) is 0 Å². The normalized spacial score (nSPS) is 12.2. The quantitative estimate of drug-likeness (QED) is 0.609. The zero-order chi connectivity index (χ0) is 21.7. The number of carbonyl (C=O) groups excluding carboxylic acids is 1. The summed E-state index contributed by atoms with van der Waals surface area (Å²) in [4.78, 5) is 12.5. The van der Waals surface area contributed by atoms with Crippen LogP contribution in [0.3, 0.4) is 0 Å². The molecule has 3 aromatic rings. The number of nitrogens with zero attached hydrogens (tertiary/aromatic N) is 1. The van der Waals surface area contributed by atoms with E-state index in [2.05, 4.69) is 5.32 Å². The topological polar surface area (TPSA) is 86.7 Å². The van der Waals surface area contributed by atoms with E-state index in [0.29, 0.717) is 11.3 Å². The molecule has 6 nitrogen and oxygen atoms in total. The van der Waals surface area contributed by atoms with Crippen molar-refractivity contribution in [2.75, 3.05) is 17.9 Å². The standard InChI is InChI=1S/C23H24N2O4S/c1-17-11-13-20(14-12-17)25(2)30(28,29)21-10-6-9-19(15-21)23(27)24-16-22(26)18-7-4-3-5-8-18/h3-15,22,26H,16H2,1-2H3,(H,24,27). The highest BCUT2D eigenvalue weighted by molar-refractivity contribution is 7.92. The maximum Gasteiger partial charge on any atom is 0.264 e. The van der Waals surface area contributed by atoms with Gasteiger partial charge in [-0.3, -0.25) is 9.10 Å². The maximum absolute atomic E-state index is 13.0. The number of rotatable bonds is 7. The second-order valence-electron chi connectivity index (χ2n) is 6.97. The minimum absolute atomic E-state index is 0.0156. The average Bonchev–Trinajstić information content (AvgIpc) is 2.78. The van der Waals surface area contributed by atoms with Crippen LogP contribution in [0.2, 0.25) is 0 Å². The summed E-state index contributed by atoms with van der Waals surface area (Å²) >= 11 is 0. The Morgan fingerprint density at radius 3 is 2.33 bits per heavy atom. The number of amides is 1. The first kappa shape index (κ1) is 21.5. The molecule has 2 N–H and O–H groups in total. The lowest BCUT2D eigenvalue weighted by atomic mass is 10.1. The average molecular weight is 425 g/mol. The number of aliphatic hydroxyl groups is 1. The van der Waals surface area contributed by atoms with Gasteiger partial charge in [0.05, 0.1) is 16.7 Å². The Bertz CT molecular complexity index is 1110. The molecule has 0 aliphatic rings. The summed E-state index contributed by atoms with van der Waals surface area (Å²) in [6.45, 7) is 1.94. The van der Waals surface area contributed by atoms with Crippen LogP contribution in [0.25, 0.3) is 0 Å². The molecular weight excluding hydrogens is 400 g/mol. The third-order valence-corrected chi connectivity index (χ3v) is 6.57. The van der Waals surface area contributed by atoms with Crippen LogP contribution in [0.4, 0.5) is 5.69 Å². The van der Waals surface area contributed by atoms with Crippen molar-refractivity contribution in [2.45, 2.75) is 17.9 Å². The van der Waals surface area contributed by atoms with Gasteiger partial charge >= 0.3 is 0 Å². The van der Waals surface area contributed by atoms with Crippen molar-refractivity contribution in [1.29, 1.82) is 0 Å². The van der Waals surface area contributed by atoms with Gasteiger partial charge in [-0.05, 0) is 42.8 Å². The zero-order valence-electron chi connectivity index (χ0n) is 16.8. The number of sulfonamides is 1. The molecule has 0 saturated heterocycles. The monoisotopic (exact) mass is 424 g/mol. The van der Waals surface area contributed by atoms with Gasteiger partial charge in [-0.15, -0.1) is 0 Å². The van der Waals surface area contributed by atoms with Gasteiger partial charge in [-0.2, -0.15) is 0 Å². The molecule has 0 heterocycles. The Morgan fingerprint density at radius 2 is 1.67 bits per heavy atom. The van der Waals surface area contributed by atoms with E-state index in [1.54, 1.807) is 36.4 Å². The predicted molar refractivity (Wildman–Crippen MR) is 117 cm³/mol. The smallest absolute Gasteiger partial charge is 0.264 e. The zero-order valence-corrected chi connectivity index (χ0v) is 17.6. The SMILES string of the molecule is Cc1ccc(N(C)S(=O)(=O)c2cccc(C(=O)NCC(O)c3ccccc3)c2)cc1. The van der Waals surface area contributed by atoms with Crippen LogP contribution in [0, 0.1) is 6.92 Å². The summed E-state index contributed by atoms with van der Waals surface area (Å²) in [6.07, 6.45) is -0.852. The molecule has 0 radical (unpaired) electrons. The van der Waals surface area contributed by atoms with Crippen molar-refractivity contribution in [3.63, 3.8) is 0 Å². The van der Waals surface area contributed by atoms with Gasteiger partial charge in [0.25, 0.3) is 15.9 Å². The van der Waals surface area contributed by atoms with Crippen LogP contribution in [0.1, 0.15) is 27.6 Å². The molecule has 156 valence electrons. The van der Waals surface area contributed by atoms with Crippen molar-refractivity contribution in [3.05, 3.63) is 95.6 Å². The van der Waals surface area contributed by atoms with Crippen molar-refractivity contribution >= 4 is 21.6 Å². The summed E-state index contributed by atoms with van der Waals surface area (Å²) in [5, 5.41) is 12.8. The molecule has 3 aromatic carbocycles. The van der Waals surface area contributed by atoms with Gasteiger partial charge in [-0.1, -0.05) is 54.1 Å². The highest BCUT2D eigenvalue weighted by Gasteiger charge is 2.22. The summed E-state index contributed by atoms with van der Waals surface area (Å²) in [5.74, 6) is -0.458. The Hall–Kier alpha value is -3.16. The van der Waals surface area contributed by atoms with Gasteiger partial charge in [-0.25, -0.2) is 8.42 Å². The van der Waals surface area contributed by atoms with E-state index < -0.39 is 22.0 Å². The Balaban J connectivity index is 1.74. The molecule has 3 rings (SSSR count). The van der Waals surface area contributed by atoms with E-state index in [-0.39, 0.29) is 17.0 Å². The highest BCUT2D eigenvalue weighted by Crippen LogP contribution is 2.23. The number of benzene rings is 3. The van der Waals surface area contributed by atoms with Gasteiger partial charge in [0.1, 0.15) is 0 Å². The van der Waals surface area contributed by atoms with Gasteiger partial charge < -0.3 is 10.4 Å². The molecule has 0 spiro atoms. The molecule has 0 bridgehead atoms. The van der Waals surface area contributed by atoms with E-state index in [1.807, 2.05) is 25.1 Å². The van der Waals surface area contributed by atoms with E-state index >= 15 is 0 Å². The van der Waals surface area contributed by atoms with Crippen molar-refractivity contribution in [3.8, 4) is 0 Å². The van der Waals surface area contributed by atoms with Crippen molar-refractivity contribution in [2.24, 2.45) is 0 Å². The second-order valence-corrected chi connectivity index (χ2v) is 8.94. The van der Waals surface area contributed by atoms with Gasteiger partial charge in [0, 0.05) is 19.2 Å². The fourth-order valence-corrected chi connectivity index (χ4v) is 4.18. The molecule has 0 aliphatic heterocycles. The van der Waals surface area contributed by atoms with Crippen molar-refractivity contribution < 1.29 is 18.3 Å². The second kappa shape index (κ2) is 9.11. The first-order valence-corrected chi connectivity index (χ1v) is 10.9. The molecule has 0 aliphatic carbocycles. The van der Waals surface area contributed by atoms with Crippen molar-refractivity contribution in [1.82, 2.24) is 5.32 Å². The third kappa shape index (κ3) is 4.87. The fourth-order valence-electron chi connectivity index (χ4n) is 2.93. The lowest BCUT2D eigenvalue weighted by molar-refractivity contribution is 0.0916. The number of carbonyl (C=O) groups is 1. The predicted octanol–water partition coefficient (Wildman–Crippen LogP) is 3.28. The molecule has 7 heteroatoms. The lowest BCUT2D eigenvalue weighted by Gasteiger charge is -2.20. The van der Waals surface area contributed by atoms with Crippen LogP contribution >= 0.6 is 0 Å². The van der Waals surface area contributed by atoms with Crippen LogP contribution in [0.15, 0.2) is 83.8 Å². The lowest BCUT2D eigenvalue weighted by Crippen LogP contribution is -2.29. The van der Waals surface area contributed by atoms with Crippen LogP contribution in [0.5, 0.6) is 0 Å². The summed E-state index contributed by atoms with van der Waals surface area (Å²) < 4.78 is 27.2. The van der Waals surface area contributed by atoms with E-state index in [0.717, 1.165) is 5.56 Å². The molecular formula is C23H24N2O4S. The van der Waals surface area contributed by atoms with Crippen LogP contribution in [-0.2, 0) is 10.0 Å². The molecule has 1 atom stereocenters. The Morgan fingerprint density at radius 1 is 1.00 bits per heavy atom. The first-order valence-electron chi connectivity index (χ1n) is 9.46. The maximum atomic E-state index is 13.0. The molecule has 0 aromatic heterocycles. The van der Waals surface area contributed by atoms with Crippen LogP contribution < -0.4 is 9.62 Å². The highest BCUT2D eigenvalue weighted by atomic mass is 32.2. The van der Waals surface area contributed by atoms with Crippen LogP contribution in [-0.4, -0.2) is 33.0 Å². The molecule has 30 heavy (non-hydrogen) atoms. The molecule has 0 fully saturated rings. The fraction of sp³-hybridized carbons (Fsp3) is 0.174. The molecule has 1 unspecified atom stereocenters. The third-order valence-electron chi connectivity index (χ3n) is 4.79. The minimum atomic E-state index is -3.83. The van der Waals surface area contributed by atoms with E-state index in [9.17, 15) is 18.3 Å². The minimum Gasteiger partial charge on any atom is -0.387 e. The number of nitrogens with one attached hydrogen (secondary N) is 1. The number of aryl methyl sites for hydroxylation is 1. The number of anilines is 1. The van der Waals surface area contributed by atoms with E-state index in [1.165, 1.54) is 35.6 Å². The Labute approximate surface area is 176 Å². The molecule has 1 amide bonds. The number of aliphatic hydroxyl groups excluding tert-OH is 1. The molecule has 0 saturated carbocycles. The summed E-state index contributed by atoms with van der Waals surface area (Å²) in [5.41, 5.74) is 2.45. The number of hydrogen-bond donors (Lipinski definition) is 2. The Kier molecular flexibility index (Phi) is 6.54. The largest absolute Gasteiger partial charge is 0.387 e.